The first-order valence-electron chi connectivity index (χ1n) is 9.91. The van der Waals surface area contributed by atoms with Crippen LogP contribution in [0.15, 0.2) is 18.2 Å². The van der Waals surface area contributed by atoms with Gasteiger partial charge in [-0.1, -0.05) is 6.08 Å². The number of allylic oxidation sites excluding steroid dienone is 1. The van der Waals surface area contributed by atoms with Crippen molar-refractivity contribution in [1.29, 1.82) is 0 Å². The summed E-state index contributed by atoms with van der Waals surface area (Å²) in [4.78, 5) is 11.0. The third-order valence-electron chi connectivity index (χ3n) is 5.61. The van der Waals surface area contributed by atoms with Gasteiger partial charge in [-0.3, -0.25) is 4.31 Å². The van der Waals surface area contributed by atoms with Crippen molar-refractivity contribution in [3.05, 3.63) is 29.6 Å². The maximum atomic E-state index is 15.3. The van der Waals surface area contributed by atoms with E-state index in [1.54, 1.807) is 0 Å². The largest absolute Gasteiger partial charge is 0.506 e. The van der Waals surface area contributed by atoms with Gasteiger partial charge in [-0.2, -0.15) is 0 Å². The number of nitrogens with zero attached hydrogens (tertiary/aromatic N) is 1. The lowest BCUT2D eigenvalue weighted by Crippen LogP contribution is -2.35. The lowest BCUT2D eigenvalue weighted by Gasteiger charge is -2.23. The van der Waals surface area contributed by atoms with Gasteiger partial charge in [0, 0.05) is 30.5 Å². The summed E-state index contributed by atoms with van der Waals surface area (Å²) in [7, 11) is 1.39. The number of hydrogen-bond acceptors (Lipinski definition) is 4. The molecule has 0 radical (unpaired) electrons. The number of aromatic hydroxyl groups is 1. The number of rotatable bonds is 9. The van der Waals surface area contributed by atoms with Crippen LogP contribution >= 0.6 is 0 Å². The number of aldehydes is 1. The molecule has 0 bridgehead atoms. The van der Waals surface area contributed by atoms with E-state index < -0.39 is 34.6 Å². The Kier molecular flexibility index (Phi) is 7.20. The number of alkyl halides is 2. The maximum absolute atomic E-state index is 15.3. The minimum atomic E-state index is -2.51. The molecule has 0 saturated heterocycles. The van der Waals surface area contributed by atoms with E-state index in [1.165, 1.54) is 19.2 Å². The van der Waals surface area contributed by atoms with Crippen molar-refractivity contribution >= 4 is 28.7 Å². The van der Waals surface area contributed by atoms with Gasteiger partial charge < -0.3 is 15.2 Å². The van der Waals surface area contributed by atoms with Crippen molar-refractivity contribution in [3.8, 4) is 5.75 Å². The lowest BCUT2D eigenvalue weighted by molar-refractivity contribution is -0.106. The number of hydrogen-bond donors (Lipinski definition) is 3. The quantitative estimate of drug-likeness (QED) is 0.511. The molecule has 1 fully saturated rings. The molecule has 0 aromatic heterocycles. The number of carbonyl (C=O) groups is 1. The zero-order valence-electron chi connectivity index (χ0n) is 16.7. The lowest BCUT2D eigenvalue weighted by atomic mass is 10.0. The molecule has 1 aliphatic heterocycles. The van der Waals surface area contributed by atoms with Crippen LogP contribution in [0.5, 0.6) is 5.75 Å². The Labute approximate surface area is 176 Å². The average molecular weight is 446 g/mol. The molecule has 1 saturated carbocycles. The summed E-state index contributed by atoms with van der Waals surface area (Å²) < 4.78 is 57.1. The number of anilines is 1. The highest BCUT2D eigenvalue weighted by atomic mass is 32.2. The fraction of sp³-hybridized carbons (Fsp3) is 0.550. The third kappa shape index (κ3) is 5.04. The van der Waals surface area contributed by atoms with Crippen molar-refractivity contribution in [2.75, 3.05) is 24.4 Å². The number of benzene rings is 1. The number of phenolic OH excluding ortho intramolecular Hbond substituents is 1. The molecular weight excluding hydrogens is 419 g/mol. The molecule has 3 unspecified atom stereocenters. The van der Waals surface area contributed by atoms with Crippen LogP contribution < -0.4 is 14.3 Å². The van der Waals surface area contributed by atoms with Crippen molar-refractivity contribution in [2.24, 2.45) is 5.92 Å². The summed E-state index contributed by atoms with van der Waals surface area (Å²) in [6.45, 7) is -0.0256. The van der Waals surface area contributed by atoms with Crippen molar-refractivity contribution in [1.82, 2.24) is 10.0 Å². The first-order valence-corrected chi connectivity index (χ1v) is 11.0. The molecule has 10 heteroatoms. The second kappa shape index (κ2) is 9.49. The van der Waals surface area contributed by atoms with Gasteiger partial charge in [0.15, 0.2) is 17.0 Å². The highest BCUT2D eigenvalue weighted by Crippen LogP contribution is 2.51. The molecular formula is C20H26F3N3O3S. The molecule has 2 aliphatic rings. The van der Waals surface area contributed by atoms with E-state index in [0.29, 0.717) is 37.7 Å². The molecule has 0 amide bonds. The fourth-order valence-corrected chi connectivity index (χ4v) is 4.54. The van der Waals surface area contributed by atoms with Crippen molar-refractivity contribution < 1.29 is 27.3 Å². The monoisotopic (exact) mass is 445 g/mol. The Balaban J connectivity index is 1.75. The van der Waals surface area contributed by atoms with Crippen LogP contribution in [0, 0.1) is 11.7 Å². The standard InChI is InChI=1S/C20H26F3N3O3S/c1-24-30(29)26(9-10-27)19-17(28)8-7-16(18(19)21)13-3-2-4-15(25-12-13)6-5-14-11-20(14,22)23/h3,7-8,10,14-15,24-25,28H,2,4-6,9,11-12H2,1H3. The zero-order chi connectivity index (χ0) is 21.9. The summed E-state index contributed by atoms with van der Waals surface area (Å²) in [5.41, 5.74) is 0.577. The molecule has 0 spiro atoms. The SMILES string of the molecule is CNS(=O)N(CC=O)c1c(O)ccc(C2=CCCC(CCC3CC3(F)F)NC2)c1F. The van der Waals surface area contributed by atoms with Crippen LogP contribution in [-0.2, 0) is 16.0 Å². The highest BCUT2D eigenvalue weighted by molar-refractivity contribution is 7.84. The van der Waals surface area contributed by atoms with Crippen LogP contribution in [-0.4, -0.2) is 47.7 Å². The fourth-order valence-electron chi connectivity index (χ4n) is 3.78. The van der Waals surface area contributed by atoms with E-state index in [4.69, 9.17) is 0 Å². The molecule has 3 N–H and O–H groups in total. The first kappa shape index (κ1) is 22.8. The van der Waals surface area contributed by atoms with E-state index >= 15 is 4.39 Å². The molecule has 1 heterocycles. The molecule has 166 valence electrons. The number of phenols is 1. The normalized spacial score (nSPS) is 23.9. The third-order valence-corrected chi connectivity index (χ3v) is 6.69. The number of halogens is 3. The van der Waals surface area contributed by atoms with E-state index in [9.17, 15) is 22.9 Å². The Bertz CT molecular complexity index is 850. The van der Waals surface area contributed by atoms with Gasteiger partial charge in [-0.25, -0.2) is 22.1 Å². The minimum Gasteiger partial charge on any atom is -0.506 e. The van der Waals surface area contributed by atoms with Gasteiger partial charge in [-0.15, -0.1) is 0 Å². The Hall–Kier alpha value is -1.91. The predicted molar refractivity (Wildman–Crippen MR) is 110 cm³/mol. The summed E-state index contributed by atoms with van der Waals surface area (Å²) in [6.07, 6.45) is 4.85. The van der Waals surface area contributed by atoms with E-state index in [2.05, 4.69) is 10.0 Å². The summed E-state index contributed by atoms with van der Waals surface area (Å²) in [5.74, 6) is -4.24. The van der Waals surface area contributed by atoms with Crippen LogP contribution in [0.1, 0.15) is 37.7 Å². The van der Waals surface area contributed by atoms with Gasteiger partial charge in [0.1, 0.15) is 17.7 Å². The maximum Gasteiger partial charge on any atom is 0.251 e. The molecule has 1 aliphatic carbocycles. The summed E-state index contributed by atoms with van der Waals surface area (Å²) in [5, 5.41) is 13.5. The van der Waals surface area contributed by atoms with Crippen molar-refractivity contribution in [3.63, 3.8) is 0 Å². The number of nitrogens with one attached hydrogen (secondary N) is 2. The molecule has 30 heavy (non-hydrogen) atoms. The van der Waals surface area contributed by atoms with Gasteiger partial charge in [0.2, 0.25) is 0 Å². The Morgan fingerprint density at radius 2 is 2.13 bits per heavy atom. The molecule has 1 aromatic rings. The van der Waals surface area contributed by atoms with Gasteiger partial charge >= 0.3 is 0 Å². The smallest absolute Gasteiger partial charge is 0.251 e. The van der Waals surface area contributed by atoms with Crippen LogP contribution in [0.2, 0.25) is 0 Å². The second-order valence-corrected chi connectivity index (χ2v) is 8.95. The van der Waals surface area contributed by atoms with Gasteiger partial charge in [0.25, 0.3) is 5.92 Å². The van der Waals surface area contributed by atoms with Crippen LogP contribution in [0.4, 0.5) is 18.9 Å². The summed E-state index contributed by atoms with van der Waals surface area (Å²) in [6, 6.07) is 2.81. The molecule has 6 nitrogen and oxygen atoms in total. The second-order valence-electron chi connectivity index (χ2n) is 7.60. The molecule has 1 aromatic carbocycles. The Morgan fingerprint density at radius 1 is 1.40 bits per heavy atom. The van der Waals surface area contributed by atoms with Crippen LogP contribution in [0.3, 0.4) is 0 Å². The van der Waals surface area contributed by atoms with Crippen molar-refractivity contribution in [2.45, 2.75) is 44.1 Å². The summed E-state index contributed by atoms with van der Waals surface area (Å²) >= 11 is -1.91. The van der Waals surface area contributed by atoms with E-state index in [1.807, 2.05) is 6.08 Å². The topological polar surface area (TPSA) is 81.7 Å². The van der Waals surface area contributed by atoms with Gasteiger partial charge in [0.05, 0.1) is 6.54 Å². The average Bonchev–Trinajstić information content (AvgIpc) is 3.39. The van der Waals surface area contributed by atoms with Crippen LogP contribution in [0.25, 0.3) is 5.57 Å². The Morgan fingerprint density at radius 3 is 2.77 bits per heavy atom. The first-order chi connectivity index (χ1) is 14.3. The molecule has 3 atom stereocenters. The van der Waals surface area contributed by atoms with E-state index in [0.717, 1.165) is 10.7 Å². The minimum absolute atomic E-state index is 0.0318. The highest BCUT2D eigenvalue weighted by Gasteiger charge is 2.56. The zero-order valence-corrected chi connectivity index (χ0v) is 17.5. The number of carbonyl (C=O) groups excluding carboxylic acids is 1. The predicted octanol–water partition coefficient (Wildman–Crippen LogP) is 2.91. The van der Waals surface area contributed by atoms with Gasteiger partial charge in [-0.05, 0) is 50.4 Å². The molecule has 3 rings (SSSR count). The van der Waals surface area contributed by atoms with E-state index in [-0.39, 0.29) is 30.3 Å².